The number of carbonyl (C=O) groups excluding carboxylic acids is 1. The van der Waals surface area contributed by atoms with Gasteiger partial charge in [-0.15, -0.1) is 6.42 Å². The molecule has 1 rings (SSSR count). The largest absolute Gasteiger partial charge is 0.302 e. The molecule has 0 N–H and O–H groups in total. The van der Waals surface area contributed by atoms with Crippen molar-refractivity contribution in [3.8, 4) is 12.3 Å². The Morgan fingerprint density at radius 3 is 2.47 bits per heavy atom. The van der Waals surface area contributed by atoms with Crippen molar-refractivity contribution >= 4 is 11.6 Å². The van der Waals surface area contributed by atoms with Gasteiger partial charge >= 0.3 is 5.91 Å². The zero-order valence-electron chi connectivity index (χ0n) is 9.10. The first kappa shape index (κ1) is 11.3. The highest BCUT2D eigenvalue weighted by molar-refractivity contribution is 6.05. The third kappa shape index (κ3) is 3.14. The fourth-order valence-corrected chi connectivity index (χ4v) is 1.36. The fourth-order valence-electron chi connectivity index (χ4n) is 1.36. The Morgan fingerprint density at radius 2 is 2.00 bits per heavy atom. The molecule has 0 aliphatic rings. The van der Waals surface area contributed by atoms with Gasteiger partial charge in [-0.2, -0.15) is 0 Å². The van der Waals surface area contributed by atoms with Gasteiger partial charge in [-0.05, 0) is 24.0 Å². The number of amides is 1. The normalized spacial score (nSPS) is 9.73. The van der Waals surface area contributed by atoms with Gasteiger partial charge in [0.2, 0.25) is 0 Å². The molecule has 0 spiro atoms. The third-order valence-electron chi connectivity index (χ3n) is 1.98. The van der Waals surface area contributed by atoms with Crippen LogP contribution in [0.25, 0.3) is 0 Å². The monoisotopic (exact) mass is 201 g/mol. The number of hydrogen-bond donors (Lipinski definition) is 0. The van der Waals surface area contributed by atoms with Crippen molar-refractivity contribution in [2.45, 2.75) is 13.8 Å². The zero-order chi connectivity index (χ0) is 11.3. The first-order chi connectivity index (χ1) is 7.15. The minimum atomic E-state index is -0.282. The van der Waals surface area contributed by atoms with Crippen LogP contribution in [-0.2, 0) is 4.79 Å². The molecule has 1 aromatic carbocycles. The SMILES string of the molecule is C#CC(=O)N(CC(C)C)c1ccccc1. The first-order valence-electron chi connectivity index (χ1n) is 4.98. The number of rotatable bonds is 3. The van der Waals surface area contributed by atoms with Gasteiger partial charge < -0.3 is 4.90 Å². The molecule has 0 saturated carbocycles. The average Bonchev–Trinajstić information content (AvgIpc) is 2.26. The van der Waals surface area contributed by atoms with Crippen molar-refractivity contribution < 1.29 is 4.79 Å². The molecule has 78 valence electrons. The van der Waals surface area contributed by atoms with E-state index in [0.717, 1.165) is 5.69 Å². The molecule has 0 radical (unpaired) electrons. The summed E-state index contributed by atoms with van der Waals surface area (Å²) in [5.74, 6) is 2.26. The third-order valence-corrected chi connectivity index (χ3v) is 1.98. The first-order valence-corrected chi connectivity index (χ1v) is 4.98. The van der Waals surface area contributed by atoms with Crippen LogP contribution in [0.1, 0.15) is 13.8 Å². The van der Waals surface area contributed by atoms with E-state index in [9.17, 15) is 4.79 Å². The van der Waals surface area contributed by atoms with Crippen molar-refractivity contribution in [2.75, 3.05) is 11.4 Å². The maximum Gasteiger partial charge on any atom is 0.302 e. The summed E-state index contributed by atoms with van der Waals surface area (Å²) in [4.78, 5) is 13.2. The van der Waals surface area contributed by atoms with Crippen LogP contribution >= 0.6 is 0 Å². The van der Waals surface area contributed by atoms with Crippen molar-refractivity contribution in [3.05, 3.63) is 30.3 Å². The van der Waals surface area contributed by atoms with Gasteiger partial charge in [0, 0.05) is 12.2 Å². The molecule has 0 unspecified atom stereocenters. The predicted molar refractivity (Wildman–Crippen MR) is 62.5 cm³/mol. The van der Waals surface area contributed by atoms with E-state index in [1.807, 2.05) is 30.3 Å². The molecular weight excluding hydrogens is 186 g/mol. The molecule has 15 heavy (non-hydrogen) atoms. The lowest BCUT2D eigenvalue weighted by molar-refractivity contribution is -0.113. The van der Waals surface area contributed by atoms with Crippen LogP contribution in [-0.4, -0.2) is 12.5 Å². The summed E-state index contributed by atoms with van der Waals surface area (Å²) < 4.78 is 0. The van der Waals surface area contributed by atoms with Crippen LogP contribution in [0.4, 0.5) is 5.69 Å². The van der Waals surface area contributed by atoms with Crippen molar-refractivity contribution in [1.82, 2.24) is 0 Å². The van der Waals surface area contributed by atoms with Gasteiger partial charge in [0.1, 0.15) is 0 Å². The van der Waals surface area contributed by atoms with Crippen molar-refractivity contribution in [1.29, 1.82) is 0 Å². The van der Waals surface area contributed by atoms with Gasteiger partial charge in [0.05, 0.1) is 0 Å². The molecule has 0 bridgehead atoms. The van der Waals surface area contributed by atoms with E-state index in [2.05, 4.69) is 19.8 Å². The minimum Gasteiger partial charge on any atom is -0.301 e. The molecular formula is C13H15NO. The maximum absolute atomic E-state index is 11.5. The second-order valence-corrected chi connectivity index (χ2v) is 3.79. The van der Waals surface area contributed by atoms with E-state index in [-0.39, 0.29) is 5.91 Å². The van der Waals surface area contributed by atoms with Crippen LogP contribution in [0, 0.1) is 18.3 Å². The predicted octanol–water partition coefficient (Wildman–Crippen LogP) is 2.31. The summed E-state index contributed by atoms with van der Waals surface area (Å²) in [6.45, 7) is 4.76. The molecule has 2 nitrogen and oxygen atoms in total. The highest BCUT2D eigenvalue weighted by Gasteiger charge is 2.14. The second-order valence-electron chi connectivity index (χ2n) is 3.79. The summed E-state index contributed by atoms with van der Waals surface area (Å²) in [7, 11) is 0. The Hall–Kier alpha value is -1.75. The Balaban J connectivity index is 2.92. The van der Waals surface area contributed by atoms with Crippen LogP contribution < -0.4 is 4.90 Å². The fraction of sp³-hybridized carbons (Fsp3) is 0.308. The number of benzene rings is 1. The van der Waals surface area contributed by atoms with Crippen LogP contribution in [0.2, 0.25) is 0 Å². The zero-order valence-corrected chi connectivity index (χ0v) is 9.10. The molecule has 0 fully saturated rings. The molecule has 0 aromatic heterocycles. The Labute approximate surface area is 90.9 Å². The number of terminal acetylenes is 1. The van der Waals surface area contributed by atoms with Crippen LogP contribution in [0.15, 0.2) is 30.3 Å². The number of hydrogen-bond acceptors (Lipinski definition) is 1. The summed E-state index contributed by atoms with van der Waals surface area (Å²) in [6.07, 6.45) is 5.14. The Morgan fingerprint density at radius 1 is 1.40 bits per heavy atom. The summed E-state index contributed by atoms with van der Waals surface area (Å²) >= 11 is 0. The van der Waals surface area contributed by atoms with E-state index < -0.39 is 0 Å². The number of carbonyl (C=O) groups is 1. The van der Waals surface area contributed by atoms with Crippen molar-refractivity contribution in [2.24, 2.45) is 5.92 Å². The average molecular weight is 201 g/mol. The van der Waals surface area contributed by atoms with E-state index in [1.54, 1.807) is 4.90 Å². The lowest BCUT2D eigenvalue weighted by Gasteiger charge is -2.22. The summed E-state index contributed by atoms with van der Waals surface area (Å²) in [5.41, 5.74) is 0.856. The molecule has 0 aliphatic carbocycles. The summed E-state index contributed by atoms with van der Waals surface area (Å²) in [6, 6.07) is 9.48. The number of anilines is 1. The van der Waals surface area contributed by atoms with Gasteiger partial charge in [-0.1, -0.05) is 32.0 Å². The Bertz CT molecular complexity index is 362. The molecule has 0 atom stereocenters. The van der Waals surface area contributed by atoms with E-state index in [4.69, 9.17) is 6.42 Å². The van der Waals surface area contributed by atoms with Gasteiger partial charge in [0.25, 0.3) is 0 Å². The number of para-hydroxylation sites is 1. The van der Waals surface area contributed by atoms with E-state index >= 15 is 0 Å². The highest BCUT2D eigenvalue weighted by Crippen LogP contribution is 2.14. The summed E-state index contributed by atoms with van der Waals surface area (Å²) in [5, 5.41) is 0. The standard InChI is InChI=1S/C13H15NO/c1-4-13(15)14(10-11(2)3)12-8-6-5-7-9-12/h1,5-9,11H,10H2,2-3H3. The van der Waals surface area contributed by atoms with E-state index in [0.29, 0.717) is 12.5 Å². The Kier molecular flexibility index (Phi) is 3.93. The van der Waals surface area contributed by atoms with Crippen molar-refractivity contribution in [3.63, 3.8) is 0 Å². The second kappa shape index (κ2) is 5.21. The molecule has 0 aliphatic heterocycles. The quantitative estimate of drug-likeness (QED) is 0.687. The van der Waals surface area contributed by atoms with Gasteiger partial charge in [0.15, 0.2) is 0 Å². The maximum atomic E-state index is 11.5. The van der Waals surface area contributed by atoms with Gasteiger partial charge in [-0.25, -0.2) is 0 Å². The molecule has 1 aromatic rings. The van der Waals surface area contributed by atoms with Gasteiger partial charge in [-0.3, -0.25) is 4.79 Å². The molecule has 2 heteroatoms. The van der Waals surface area contributed by atoms with E-state index in [1.165, 1.54) is 0 Å². The van der Waals surface area contributed by atoms with Crippen LogP contribution in [0.5, 0.6) is 0 Å². The minimum absolute atomic E-state index is 0.282. The lowest BCUT2D eigenvalue weighted by atomic mass is 10.2. The molecule has 1 amide bonds. The molecule has 0 saturated heterocycles. The topological polar surface area (TPSA) is 20.3 Å². The van der Waals surface area contributed by atoms with Crippen LogP contribution in [0.3, 0.4) is 0 Å². The lowest BCUT2D eigenvalue weighted by Crippen LogP contribution is -2.32. The molecule has 0 heterocycles. The smallest absolute Gasteiger partial charge is 0.301 e. The number of nitrogens with zero attached hydrogens (tertiary/aromatic N) is 1. The highest BCUT2D eigenvalue weighted by atomic mass is 16.2.